The van der Waals surface area contributed by atoms with Crippen LogP contribution in [-0.2, 0) is 9.59 Å². The topological polar surface area (TPSA) is 66.4 Å². The van der Waals surface area contributed by atoms with E-state index in [1.165, 1.54) is 0 Å². The summed E-state index contributed by atoms with van der Waals surface area (Å²) in [6.07, 6.45) is 4.82. The molecular weight excluding hydrogens is 274 g/mol. The maximum absolute atomic E-state index is 12.0. The minimum Gasteiger partial charge on any atom is -0.481 e. The monoisotopic (exact) mass is 293 g/mol. The lowest BCUT2D eigenvalue weighted by molar-refractivity contribution is -0.138. The third-order valence-corrected chi connectivity index (χ3v) is 4.43. The highest BCUT2D eigenvalue weighted by atomic mass is 32.2. The Labute approximate surface area is 123 Å². The highest BCUT2D eigenvalue weighted by Gasteiger charge is 2.28. The molecule has 1 unspecified atom stereocenters. The predicted octanol–water partition coefficient (Wildman–Crippen LogP) is 2.84. The molecule has 0 bridgehead atoms. The van der Waals surface area contributed by atoms with Gasteiger partial charge in [-0.2, -0.15) is 0 Å². The second-order valence-electron chi connectivity index (χ2n) is 5.06. The second kappa shape index (κ2) is 6.79. The third-order valence-electron chi connectivity index (χ3n) is 3.69. The smallest absolute Gasteiger partial charge is 0.305 e. The number of amides is 1. The number of carboxylic acid groups (broad SMARTS) is 1. The van der Waals surface area contributed by atoms with Crippen LogP contribution >= 0.6 is 11.8 Å². The lowest BCUT2D eigenvalue weighted by atomic mass is 9.84. The van der Waals surface area contributed by atoms with Crippen LogP contribution in [0.25, 0.3) is 0 Å². The number of nitrogens with one attached hydrogen (secondary N) is 1. The average Bonchev–Trinajstić information content (AvgIpc) is 2.35. The largest absolute Gasteiger partial charge is 0.481 e. The Kier molecular flexibility index (Phi) is 5.06. The van der Waals surface area contributed by atoms with Crippen molar-refractivity contribution in [1.29, 1.82) is 0 Å². The van der Waals surface area contributed by atoms with Crippen molar-refractivity contribution in [2.24, 2.45) is 5.92 Å². The predicted molar refractivity (Wildman–Crippen MR) is 78.7 cm³/mol. The van der Waals surface area contributed by atoms with E-state index < -0.39 is 12.0 Å². The Bertz CT molecular complexity index is 482. The number of thioether (sulfide) groups is 1. The molecule has 1 aromatic carbocycles. The Morgan fingerprint density at radius 1 is 1.35 bits per heavy atom. The van der Waals surface area contributed by atoms with Gasteiger partial charge in [0.1, 0.15) is 0 Å². The Morgan fingerprint density at radius 2 is 2.00 bits per heavy atom. The molecule has 2 rings (SSSR count). The first-order valence-electron chi connectivity index (χ1n) is 6.76. The van der Waals surface area contributed by atoms with Gasteiger partial charge in [-0.25, -0.2) is 0 Å². The van der Waals surface area contributed by atoms with E-state index in [4.69, 9.17) is 5.11 Å². The molecule has 2 N–H and O–H groups in total. The van der Waals surface area contributed by atoms with Gasteiger partial charge in [0.15, 0.2) is 0 Å². The van der Waals surface area contributed by atoms with Crippen molar-refractivity contribution in [1.82, 2.24) is 5.32 Å². The molecule has 1 saturated carbocycles. The molecule has 0 aromatic heterocycles. The minimum atomic E-state index is -0.905. The highest BCUT2D eigenvalue weighted by molar-refractivity contribution is 7.98. The molecule has 108 valence electrons. The van der Waals surface area contributed by atoms with Gasteiger partial charge in [0.2, 0.25) is 5.91 Å². The van der Waals surface area contributed by atoms with Gasteiger partial charge in [0.05, 0.1) is 12.5 Å². The van der Waals surface area contributed by atoms with Crippen molar-refractivity contribution in [3.05, 3.63) is 29.8 Å². The molecule has 20 heavy (non-hydrogen) atoms. The van der Waals surface area contributed by atoms with Crippen molar-refractivity contribution in [3.8, 4) is 0 Å². The molecule has 1 aliphatic rings. The number of benzene rings is 1. The average molecular weight is 293 g/mol. The molecule has 0 heterocycles. The van der Waals surface area contributed by atoms with Crippen LogP contribution in [0, 0.1) is 5.92 Å². The Hall–Kier alpha value is -1.49. The number of carbonyl (C=O) groups excluding carboxylic acids is 1. The van der Waals surface area contributed by atoms with Crippen LogP contribution in [0.2, 0.25) is 0 Å². The third kappa shape index (κ3) is 3.76. The van der Waals surface area contributed by atoms with Crippen LogP contribution in [0.15, 0.2) is 29.2 Å². The number of carboxylic acids is 1. The van der Waals surface area contributed by atoms with Gasteiger partial charge >= 0.3 is 5.97 Å². The van der Waals surface area contributed by atoms with Crippen molar-refractivity contribution in [2.75, 3.05) is 6.26 Å². The number of hydrogen-bond acceptors (Lipinski definition) is 3. The van der Waals surface area contributed by atoms with Gasteiger partial charge in [-0.15, -0.1) is 11.8 Å². The quantitative estimate of drug-likeness (QED) is 0.792. The summed E-state index contributed by atoms with van der Waals surface area (Å²) < 4.78 is 0. The zero-order valence-electron chi connectivity index (χ0n) is 11.5. The molecule has 4 nitrogen and oxygen atoms in total. The molecule has 1 atom stereocenters. The molecular formula is C15H19NO3S. The van der Waals surface area contributed by atoms with E-state index in [-0.39, 0.29) is 18.2 Å². The van der Waals surface area contributed by atoms with Crippen LogP contribution in [0.5, 0.6) is 0 Å². The second-order valence-corrected chi connectivity index (χ2v) is 5.94. The standard InChI is InChI=1S/C15H19NO3S/c1-20-12-7-5-10(6-8-12)13(9-14(17)18)16-15(19)11-3-2-4-11/h5-8,11,13H,2-4,9H2,1H3,(H,16,19)(H,17,18). The van der Waals surface area contributed by atoms with Crippen molar-refractivity contribution in [3.63, 3.8) is 0 Å². The maximum Gasteiger partial charge on any atom is 0.305 e. The number of carbonyl (C=O) groups is 2. The van der Waals surface area contributed by atoms with E-state index in [0.29, 0.717) is 0 Å². The van der Waals surface area contributed by atoms with E-state index in [2.05, 4.69) is 5.32 Å². The normalized spacial score (nSPS) is 16.2. The Balaban J connectivity index is 2.08. The highest BCUT2D eigenvalue weighted by Crippen LogP contribution is 2.28. The lowest BCUT2D eigenvalue weighted by Crippen LogP contribution is -2.37. The summed E-state index contributed by atoms with van der Waals surface area (Å²) in [5.41, 5.74) is 0.845. The van der Waals surface area contributed by atoms with Crippen molar-refractivity contribution < 1.29 is 14.7 Å². The minimum absolute atomic E-state index is 0.0172. The zero-order chi connectivity index (χ0) is 14.5. The van der Waals surface area contributed by atoms with Gasteiger partial charge < -0.3 is 10.4 Å². The Morgan fingerprint density at radius 3 is 2.45 bits per heavy atom. The molecule has 0 saturated heterocycles. The van der Waals surface area contributed by atoms with Gasteiger partial charge in [0.25, 0.3) is 0 Å². The fraction of sp³-hybridized carbons (Fsp3) is 0.467. The molecule has 1 aromatic rings. The van der Waals surface area contributed by atoms with Crippen LogP contribution in [-0.4, -0.2) is 23.2 Å². The van der Waals surface area contributed by atoms with Crippen LogP contribution < -0.4 is 5.32 Å². The first-order chi connectivity index (χ1) is 9.60. The summed E-state index contributed by atoms with van der Waals surface area (Å²) in [7, 11) is 0. The van der Waals surface area contributed by atoms with Gasteiger partial charge in [0, 0.05) is 10.8 Å². The first kappa shape index (κ1) is 14.9. The molecule has 1 aliphatic carbocycles. The number of rotatable bonds is 6. The van der Waals surface area contributed by atoms with Gasteiger partial charge in [-0.05, 0) is 36.8 Å². The molecule has 0 spiro atoms. The first-order valence-corrected chi connectivity index (χ1v) is 7.98. The molecule has 1 amide bonds. The van der Waals surface area contributed by atoms with Crippen molar-refractivity contribution >= 4 is 23.6 Å². The summed E-state index contributed by atoms with van der Waals surface area (Å²) in [5, 5.41) is 11.9. The lowest BCUT2D eigenvalue weighted by Gasteiger charge is -2.27. The summed E-state index contributed by atoms with van der Waals surface area (Å²) >= 11 is 1.63. The summed E-state index contributed by atoms with van der Waals surface area (Å²) in [4.78, 5) is 24.1. The summed E-state index contributed by atoms with van der Waals surface area (Å²) in [5.74, 6) is -0.855. The molecule has 0 radical (unpaired) electrons. The van der Waals surface area contributed by atoms with E-state index in [1.54, 1.807) is 11.8 Å². The SMILES string of the molecule is CSc1ccc(C(CC(=O)O)NC(=O)C2CCC2)cc1. The zero-order valence-corrected chi connectivity index (χ0v) is 12.3. The van der Waals surface area contributed by atoms with E-state index in [0.717, 1.165) is 29.7 Å². The van der Waals surface area contributed by atoms with Crippen LogP contribution in [0.3, 0.4) is 0 Å². The van der Waals surface area contributed by atoms with E-state index >= 15 is 0 Å². The summed E-state index contributed by atoms with van der Waals surface area (Å²) in [6, 6.07) is 7.23. The molecule has 1 fully saturated rings. The van der Waals surface area contributed by atoms with Gasteiger partial charge in [-0.3, -0.25) is 9.59 Å². The molecule has 5 heteroatoms. The van der Waals surface area contributed by atoms with Gasteiger partial charge in [-0.1, -0.05) is 18.6 Å². The van der Waals surface area contributed by atoms with Crippen LogP contribution in [0.1, 0.15) is 37.3 Å². The molecule has 0 aliphatic heterocycles. The maximum atomic E-state index is 12.0. The fourth-order valence-electron chi connectivity index (χ4n) is 2.22. The summed E-state index contributed by atoms with van der Waals surface area (Å²) in [6.45, 7) is 0. The van der Waals surface area contributed by atoms with Crippen molar-refractivity contribution in [2.45, 2.75) is 36.6 Å². The number of hydrogen-bond donors (Lipinski definition) is 2. The van der Waals surface area contributed by atoms with E-state index in [9.17, 15) is 9.59 Å². The number of aliphatic carboxylic acids is 1. The fourth-order valence-corrected chi connectivity index (χ4v) is 2.63. The van der Waals surface area contributed by atoms with Crippen LogP contribution in [0.4, 0.5) is 0 Å². The van der Waals surface area contributed by atoms with E-state index in [1.807, 2.05) is 30.5 Å².